The Bertz CT molecular complexity index is 221. The van der Waals surface area contributed by atoms with E-state index in [2.05, 4.69) is 11.8 Å². The zero-order valence-electron chi connectivity index (χ0n) is 12.4. The summed E-state index contributed by atoms with van der Waals surface area (Å²) in [4.78, 5) is 14.1. The van der Waals surface area contributed by atoms with E-state index >= 15 is 0 Å². The standard InChI is InChI=1S/C12H23NO2.C2H6/c1-5-8-13-9-6-7-10(13)11(14)15-12(2,3)4;1-2/h10H,5-9H2,1-4H3;1-2H3/t10-;/m0./s1. The van der Waals surface area contributed by atoms with Gasteiger partial charge in [-0.25, -0.2) is 0 Å². The van der Waals surface area contributed by atoms with Crippen LogP contribution in [0.15, 0.2) is 0 Å². The topological polar surface area (TPSA) is 29.5 Å². The zero-order valence-corrected chi connectivity index (χ0v) is 12.4. The molecule has 17 heavy (non-hydrogen) atoms. The summed E-state index contributed by atoms with van der Waals surface area (Å²) in [6, 6.07) is 0.00387. The third-order valence-electron chi connectivity index (χ3n) is 2.55. The molecule has 0 aromatic rings. The van der Waals surface area contributed by atoms with Crippen LogP contribution in [0.25, 0.3) is 0 Å². The fraction of sp³-hybridized carbons (Fsp3) is 0.929. The summed E-state index contributed by atoms with van der Waals surface area (Å²) < 4.78 is 5.42. The molecule has 0 amide bonds. The fourth-order valence-corrected chi connectivity index (χ4v) is 2.02. The van der Waals surface area contributed by atoms with Crippen LogP contribution in [0.1, 0.15) is 60.8 Å². The number of rotatable bonds is 3. The van der Waals surface area contributed by atoms with Gasteiger partial charge < -0.3 is 4.74 Å². The van der Waals surface area contributed by atoms with Gasteiger partial charge in [-0.1, -0.05) is 20.8 Å². The third kappa shape index (κ3) is 6.06. The second-order valence-corrected chi connectivity index (χ2v) is 5.23. The van der Waals surface area contributed by atoms with Crippen molar-refractivity contribution in [3.05, 3.63) is 0 Å². The molecule has 0 radical (unpaired) electrons. The largest absolute Gasteiger partial charge is 0.459 e. The molecule has 0 saturated carbocycles. The zero-order chi connectivity index (χ0) is 13.5. The SMILES string of the molecule is CC.CCCN1CCC[C@H]1C(=O)OC(C)(C)C. The molecular weight excluding hydrogens is 214 g/mol. The Morgan fingerprint density at radius 2 is 1.94 bits per heavy atom. The van der Waals surface area contributed by atoms with Gasteiger partial charge in [0.15, 0.2) is 0 Å². The molecule has 102 valence electrons. The van der Waals surface area contributed by atoms with Gasteiger partial charge >= 0.3 is 5.97 Å². The summed E-state index contributed by atoms with van der Waals surface area (Å²) in [6.07, 6.45) is 3.16. The van der Waals surface area contributed by atoms with Crippen LogP contribution < -0.4 is 0 Å². The lowest BCUT2D eigenvalue weighted by Crippen LogP contribution is -2.40. The van der Waals surface area contributed by atoms with Crippen LogP contribution in [0.4, 0.5) is 0 Å². The van der Waals surface area contributed by atoms with E-state index in [0.717, 1.165) is 32.4 Å². The summed E-state index contributed by atoms with van der Waals surface area (Å²) in [6.45, 7) is 13.9. The van der Waals surface area contributed by atoms with E-state index in [-0.39, 0.29) is 17.6 Å². The molecule has 1 aliphatic rings. The lowest BCUT2D eigenvalue weighted by molar-refractivity contribution is -0.160. The maximum Gasteiger partial charge on any atom is 0.323 e. The number of hydrogen-bond acceptors (Lipinski definition) is 3. The lowest BCUT2D eigenvalue weighted by atomic mass is 10.1. The average Bonchev–Trinajstić information content (AvgIpc) is 2.67. The van der Waals surface area contributed by atoms with Gasteiger partial charge in [0.05, 0.1) is 0 Å². The molecular formula is C14H29NO2. The Balaban J connectivity index is 0.00000121. The van der Waals surface area contributed by atoms with Gasteiger partial charge in [0, 0.05) is 0 Å². The Morgan fingerprint density at radius 1 is 1.35 bits per heavy atom. The first-order chi connectivity index (χ1) is 7.94. The highest BCUT2D eigenvalue weighted by Gasteiger charge is 2.33. The first-order valence-electron chi connectivity index (χ1n) is 6.91. The van der Waals surface area contributed by atoms with Gasteiger partial charge in [-0.15, -0.1) is 0 Å². The Hall–Kier alpha value is -0.570. The Kier molecular flexibility index (Phi) is 7.44. The van der Waals surface area contributed by atoms with Crippen molar-refractivity contribution in [3.63, 3.8) is 0 Å². The fourth-order valence-electron chi connectivity index (χ4n) is 2.02. The third-order valence-corrected chi connectivity index (χ3v) is 2.55. The van der Waals surface area contributed by atoms with Crippen LogP contribution in [0.5, 0.6) is 0 Å². The second-order valence-electron chi connectivity index (χ2n) is 5.23. The molecule has 1 saturated heterocycles. The molecule has 0 bridgehead atoms. The monoisotopic (exact) mass is 243 g/mol. The Labute approximate surface area is 107 Å². The molecule has 3 heteroatoms. The summed E-state index contributed by atoms with van der Waals surface area (Å²) in [5, 5.41) is 0. The number of esters is 1. The van der Waals surface area contributed by atoms with Crippen molar-refractivity contribution < 1.29 is 9.53 Å². The van der Waals surface area contributed by atoms with Gasteiger partial charge in [0.1, 0.15) is 11.6 Å². The van der Waals surface area contributed by atoms with Crippen molar-refractivity contribution in [2.24, 2.45) is 0 Å². The maximum absolute atomic E-state index is 11.9. The molecule has 1 fully saturated rings. The van der Waals surface area contributed by atoms with Gasteiger partial charge in [0.2, 0.25) is 0 Å². The van der Waals surface area contributed by atoms with Gasteiger partial charge in [-0.2, -0.15) is 0 Å². The molecule has 1 rings (SSSR count). The van der Waals surface area contributed by atoms with Crippen LogP contribution in [0, 0.1) is 0 Å². The van der Waals surface area contributed by atoms with E-state index in [1.807, 2.05) is 34.6 Å². The average molecular weight is 243 g/mol. The highest BCUT2D eigenvalue weighted by atomic mass is 16.6. The molecule has 0 unspecified atom stereocenters. The van der Waals surface area contributed by atoms with Crippen molar-refractivity contribution in [2.75, 3.05) is 13.1 Å². The molecule has 0 N–H and O–H groups in total. The molecule has 0 aromatic carbocycles. The van der Waals surface area contributed by atoms with E-state index in [0.29, 0.717) is 0 Å². The van der Waals surface area contributed by atoms with E-state index in [4.69, 9.17) is 4.74 Å². The number of hydrogen-bond donors (Lipinski definition) is 0. The number of carbonyl (C=O) groups is 1. The van der Waals surface area contributed by atoms with Gasteiger partial charge in [-0.3, -0.25) is 9.69 Å². The summed E-state index contributed by atoms with van der Waals surface area (Å²) >= 11 is 0. The van der Waals surface area contributed by atoms with E-state index in [9.17, 15) is 4.79 Å². The predicted molar refractivity (Wildman–Crippen MR) is 72.1 cm³/mol. The van der Waals surface area contributed by atoms with Crippen molar-refractivity contribution in [2.45, 2.75) is 72.4 Å². The highest BCUT2D eigenvalue weighted by molar-refractivity contribution is 5.76. The molecule has 1 atom stereocenters. The first-order valence-corrected chi connectivity index (χ1v) is 6.91. The van der Waals surface area contributed by atoms with Crippen molar-refractivity contribution in [1.82, 2.24) is 4.90 Å². The minimum absolute atomic E-state index is 0.00387. The van der Waals surface area contributed by atoms with Crippen LogP contribution in [-0.4, -0.2) is 35.6 Å². The normalized spacial score (nSPS) is 20.7. The molecule has 1 aliphatic heterocycles. The van der Waals surface area contributed by atoms with Crippen molar-refractivity contribution >= 4 is 5.97 Å². The van der Waals surface area contributed by atoms with Crippen molar-refractivity contribution in [1.29, 1.82) is 0 Å². The Morgan fingerprint density at radius 3 is 2.41 bits per heavy atom. The number of likely N-dealkylation sites (tertiary alicyclic amines) is 1. The quantitative estimate of drug-likeness (QED) is 0.713. The molecule has 0 spiro atoms. The smallest absolute Gasteiger partial charge is 0.323 e. The summed E-state index contributed by atoms with van der Waals surface area (Å²) in [5.74, 6) is -0.0477. The minimum atomic E-state index is -0.364. The summed E-state index contributed by atoms with van der Waals surface area (Å²) in [5.41, 5.74) is -0.364. The molecule has 1 heterocycles. The van der Waals surface area contributed by atoms with Crippen LogP contribution in [0.2, 0.25) is 0 Å². The lowest BCUT2D eigenvalue weighted by Gasteiger charge is -2.26. The minimum Gasteiger partial charge on any atom is -0.459 e. The van der Waals surface area contributed by atoms with Crippen LogP contribution in [0.3, 0.4) is 0 Å². The van der Waals surface area contributed by atoms with Crippen LogP contribution >= 0.6 is 0 Å². The first kappa shape index (κ1) is 16.4. The highest BCUT2D eigenvalue weighted by Crippen LogP contribution is 2.20. The van der Waals surface area contributed by atoms with Crippen molar-refractivity contribution in [3.8, 4) is 0 Å². The van der Waals surface area contributed by atoms with Gasteiger partial charge in [0.25, 0.3) is 0 Å². The molecule has 0 aliphatic carbocycles. The number of nitrogens with zero attached hydrogens (tertiary/aromatic N) is 1. The predicted octanol–water partition coefficient (Wildman–Crippen LogP) is 3.23. The van der Waals surface area contributed by atoms with E-state index < -0.39 is 0 Å². The van der Waals surface area contributed by atoms with E-state index in [1.54, 1.807) is 0 Å². The molecule has 0 aromatic heterocycles. The van der Waals surface area contributed by atoms with Gasteiger partial charge in [-0.05, 0) is 53.1 Å². The van der Waals surface area contributed by atoms with Crippen LogP contribution in [-0.2, 0) is 9.53 Å². The number of ether oxygens (including phenoxy) is 1. The molecule has 3 nitrogen and oxygen atoms in total. The number of carbonyl (C=O) groups excluding carboxylic acids is 1. The second kappa shape index (κ2) is 7.70. The summed E-state index contributed by atoms with van der Waals surface area (Å²) in [7, 11) is 0. The van der Waals surface area contributed by atoms with E-state index in [1.165, 1.54) is 0 Å². The maximum atomic E-state index is 11.9.